The van der Waals surface area contributed by atoms with Crippen molar-refractivity contribution in [2.45, 2.75) is 24.3 Å². The summed E-state index contributed by atoms with van der Waals surface area (Å²) >= 11 is 0. The molecule has 0 heterocycles. The van der Waals surface area contributed by atoms with Gasteiger partial charge in [0.2, 0.25) is 5.91 Å². The molecule has 0 unspecified atom stereocenters. The van der Waals surface area contributed by atoms with Crippen LogP contribution in [0.25, 0.3) is 0 Å². The number of hydrogen-bond donors (Lipinski definition) is 1. The second-order valence-electron chi connectivity index (χ2n) is 5.43. The molecule has 0 saturated heterocycles. The van der Waals surface area contributed by atoms with E-state index in [2.05, 4.69) is 5.32 Å². The van der Waals surface area contributed by atoms with Crippen LogP contribution in [0.2, 0.25) is 0 Å². The second kappa shape index (κ2) is 6.91. The lowest BCUT2D eigenvalue weighted by molar-refractivity contribution is -0.121. The summed E-state index contributed by atoms with van der Waals surface area (Å²) in [4.78, 5) is 12.2. The Morgan fingerprint density at radius 1 is 1.09 bits per heavy atom. The standard InChI is InChI=1S/C17H18FNO3S/c1-12(14-5-9-16(10-6-14)23(2,21)22)19-17(20)11-13-3-7-15(18)8-4-13/h3-10,12H,11H2,1-2H3,(H,19,20)/t12-/m0/s1. The van der Waals surface area contributed by atoms with Gasteiger partial charge in [-0.15, -0.1) is 0 Å². The predicted molar refractivity (Wildman–Crippen MR) is 86.2 cm³/mol. The molecule has 6 heteroatoms. The summed E-state index contributed by atoms with van der Waals surface area (Å²) in [6.07, 6.45) is 1.31. The number of carbonyl (C=O) groups is 1. The number of halogens is 1. The van der Waals surface area contributed by atoms with Crippen LogP contribution < -0.4 is 5.32 Å². The quantitative estimate of drug-likeness (QED) is 0.914. The van der Waals surface area contributed by atoms with Crippen molar-refractivity contribution in [3.8, 4) is 0 Å². The van der Waals surface area contributed by atoms with Crippen molar-refractivity contribution < 1.29 is 17.6 Å². The molecule has 0 saturated carbocycles. The van der Waals surface area contributed by atoms with Gasteiger partial charge in [0.1, 0.15) is 5.82 Å². The largest absolute Gasteiger partial charge is 0.349 e. The second-order valence-corrected chi connectivity index (χ2v) is 7.45. The molecule has 2 rings (SSSR count). The Morgan fingerprint density at radius 3 is 2.17 bits per heavy atom. The minimum Gasteiger partial charge on any atom is -0.349 e. The van der Waals surface area contributed by atoms with Crippen molar-refractivity contribution in [1.82, 2.24) is 5.32 Å². The van der Waals surface area contributed by atoms with Crippen LogP contribution in [0.1, 0.15) is 24.1 Å². The third kappa shape index (κ3) is 4.89. The summed E-state index contributed by atoms with van der Waals surface area (Å²) < 4.78 is 35.7. The molecule has 4 nitrogen and oxygen atoms in total. The molecule has 0 fully saturated rings. The number of sulfone groups is 1. The zero-order valence-electron chi connectivity index (χ0n) is 12.9. The van der Waals surface area contributed by atoms with Crippen LogP contribution in [0, 0.1) is 5.82 Å². The van der Waals surface area contributed by atoms with Crippen molar-refractivity contribution >= 4 is 15.7 Å². The van der Waals surface area contributed by atoms with Gasteiger partial charge in [0, 0.05) is 6.26 Å². The molecule has 23 heavy (non-hydrogen) atoms. The molecule has 2 aromatic rings. The Labute approximate surface area is 135 Å². The lowest BCUT2D eigenvalue weighted by Gasteiger charge is -2.15. The van der Waals surface area contributed by atoms with Crippen molar-refractivity contribution in [3.05, 3.63) is 65.5 Å². The van der Waals surface area contributed by atoms with Gasteiger partial charge in [0.15, 0.2) is 9.84 Å². The van der Waals surface area contributed by atoms with E-state index >= 15 is 0 Å². The summed E-state index contributed by atoms with van der Waals surface area (Å²) in [6.45, 7) is 1.82. The maximum Gasteiger partial charge on any atom is 0.224 e. The normalized spacial score (nSPS) is 12.7. The zero-order valence-corrected chi connectivity index (χ0v) is 13.7. The Kier molecular flexibility index (Phi) is 5.15. The lowest BCUT2D eigenvalue weighted by atomic mass is 10.1. The number of rotatable bonds is 5. The maximum absolute atomic E-state index is 12.8. The van der Waals surface area contributed by atoms with Gasteiger partial charge in [-0.2, -0.15) is 0 Å². The molecule has 0 aliphatic heterocycles. The van der Waals surface area contributed by atoms with Gasteiger partial charge in [-0.25, -0.2) is 12.8 Å². The van der Waals surface area contributed by atoms with Crippen molar-refractivity contribution in [2.24, 2.45) is 0 Å². The Hall–Kier alpha value is -2.21. The molecule has 1 atom stereocenters. The van der Waals surface area contributed by atoms with E-state index in [9.17, 15) is 17.6 Å². The van der Waals surface area contributed by atoms with Crippen LogP contribution in [-0.2, 0) is 21.1 Å². The van der Waals surface area contributed by atoms with E-state index in [0.717, 1.165) is 17.4 Å². The number of hydrogen-bond acceptors (Lipinski definition) is 3. The maximum atomic E-state index is 12.8. The molecule has 1 N–H and O–H groups in total. The highest BCUT2D eigenvalue weighted by molar-refractivity contribution is 7.90. The van der Waals surface area contributed by atoms with E-state index in [-0.39, 0.29) is 29.1 Å². The molecule has 0 aliphatic rings. The van der Waals surface area contributed by atoms with Crippen LogP contribution in [0.4, 0.5) is 4.39 Å². The summed E-state index contributed by atoms with van der Waals surface area (Å²) in [5.74, 6) is -0.523. The van der Waals surface area contributed by atoms with Crippen LogP contribution in [0.3, 0.4) is 0 Å². The highest BCUT2D eigenvalue weighted by Crippen LogP contribution is 2.16. The molecule has 0 spiro atoms. The van der Waals surface area contributed by atoms with Gasteiger partial charge in [-0.1, -0.05) is 24.3 Å². The fourth-order valence-corrected chi connectivity index (χ4v) is 2.80. The van der Waals surface area contributed by atoms with Gasteiger partial charge in [0.25, 0.3) is 0 Å². The third-order valence-electron chi connectivity index (χ3n) is 3.46. The molecule has 1 amide bonds. The number of amides is 1. The number of nitrogens with one attached hydrogen (secondary N) is 1. The highest BCUT2D eigenvalue weighted by atomic mass is 32.2. The molecular weight excluding hydrogens is 317 g/mol. The summed E-state index contributed by atoms with van der Waals surface area (Å²) in [5, 5.41) is 2.84. The first-order valence-corrected chi connectivity index (χ1v) is 8.98. The van der Waals surface area contributed by atoms with Gasteiger partial charge in [0.05, 0.1) is 17.4 Å². The van der Waals surface area contributed by atoms with E-state index in [1.807, 2.05) is 6.92 Å². The van der Waals surface area contributed by atoms with Crippen molar-refractivity contribution in [3.63, 3.8) is 0 Å². The van der Waals surface area contributed by atoms with Crippen molar-refractivity contribution in [2.75, 3.05) is 6.26 Å². The van der Waals surface area contributed by atoms with Gasteiger partial charge in [-0.3, -0.25) is 4.79 Å². The third-order valence-corrected chi connectivity index (χ3v) is 4.59. The topological polar surface area (TPSA) is 63.2 Å². The van der Waals surface area contributed by atoms with E-state index in [1.54, 1.807) is 24.3 Å². The minimum absolute atomic E-state index is 0.159. The van der Waals surface area contributed by atoms with Crippen molar-refractivity contribution in [1.29, 1.82) is 0 Å². The minimum atomic E-state index is -3.23. The van der Waals surface area contributed by atoms with Crippen LogP contribution in [0.5, 0.6) is 0 Å². The fourth-order valence-electron chi connectivity index (χ4n) is 2.17. The van der Waals surface area contributed by atoms with Crippen LogP contribution in [0.15, 0.2) is 53.4 Å². The summed E-state index contributed by atoms with van der Waals surface area (Å²) in [5.41, 5.74) is 1.54. The molecule has 0 aromatic heterocycles. The van der Waals surface area contributed by atoms with Gasteiger partial charge < -0.3 is 5.32 Å². The Morgan fingerprint density at radius 2 is 1.65 bits per heavy atom. The first kappa shape index (κ1) is 17.1. The van der Waals surface area contributed by atoms with E-state index < -0.39 is 9.84 Å². The van der Waals surface area contributed by atoms with Gasteiger partial charge >= 0.3 is 0 Å². The summed E-state index contributed by atoms with van der Waals surface area (Å²) in [7, 11) is -3.23. The average Bonchev–Trinajstić information content (AvgIpc) is 2.49. The molecule has 0 bridgehead atoms. The number of benzene rings is 2. The lowest BCUT2D eigenvalue weighted by Crippen LogP contribution is -2.28. The van der Waals surface area contributed by atoms with Crippen LogP contribution >= 0.6 is 0 Å². The first-order valence-electron chi connectivity index (χ1n) is 7.09. The Balaban J connectivity index is 1.99. The van der Waals surface area contributed by atoms with E-state index in [1.165, 1.54) is 24.3 Å². The summed E-state index contributed by atoms with van der Waals surface area (Å²) in [6, 6.07) is 11.9. The molecule has 122 valence electrons. The smallest absolute Gasteiger partial charge is 0.224 e. The van der Waals surface area contributed by atoms with Crippen LogP contribution in [-0.4, -0.2) is 20.6 Å². The molecular formula is C17H18FNO3S. The number of carbonyl (C=O) groups excluding carboxylic acids is 1. The van der Waals surface area contributed by atoms with Gasteiger partial charge in [-0.05, 0) is 42.3 Å². The Bertz CT molecular complexity index is 784. The SMILES string of the molecule is C[C@H](NC(=O)Cc1ccc(F)cc1)c1ccc(S(C)(=O)=O)cc1. The molecule has 0 radical (unpaired) electrons. The fraction of sp³-hybridized carbons (Fsp3) is 0.235. The monoisotopic (exact) mass is 335 g/mol. The predicted octanol–water partition coefficient (Wildman–Crippen LogP) is 2.65. The van der Waals surface area contributed by atoms with E-state index in [0.29, 0.717) is 0 Å². The first-order chi connectivity index (χ1) is 10.8. The molecule has 0 aliphatic carbocycles. The zero-order chi connectivity index (χ0) is 17.0. The average molecular weight is 335 g/mol. The van der Waals surface area contributed by atoms with E-state index in [4.69, 9.17) is 0 Å². The highest BCUT2D eigenvalue weighted by Gasteiger charge is 2.12. The molecule has 2 aromatic carbocycles.